The number of hydrogen-bond donors (Lipinski definition) is 0. The first kappa shape index (κ1) is 12.7. The van der Waals surface area contributed by atoms with Crippen molar-refractivity contribution in [3.8, 4) is 6.07 Å². The van der Waals surface area contributed by atoms with Crippen LogP contribution in [0.1, 0.15) is 16.7 Å². The van der Waals surface area contributed by atoms with Gasteiger partial charge in [0.25, 0.3) is 0 Å². The van der Waals surface area contributed by atoms with Gasteiger partial charge in [-0.3, -0.25) is 0 Å². The van der Waals surface area contributed by atoms with Crippen molar-refractivity contribution in [1.82, 2.24) is 0 Å². The Hall–Kier alpha value is -1.72. The van der Waals surface area contributed by atoms with Gasteiger partial charge in [0, 0.05) is 4.90 Å². The molecule has 89 valence electrons. The van der Waals surface area contributed by atoms with Gasteiger partial charge in [0.2, 0.25) is 0 Å². The van der Waals surface area contributed by atoms with Gasteiger partial charge < -0.3 is 0 Å². The summed E-state index contributed by atoms with van der Waals surface area (Å²) >= 11 is 1.75. The number of thioether (sulfide) groups is 1. The normalized spacial score (nSPS) is 10.0. The minimum absolute atomic E-state index is 0.711. The molecule has 18 heavy (non-hydrogen) atoms. The van der Waals surface area contributed by atoms with Gasteiger partial charge in [-0.2, -0.15) is 5.26 Å². The van der Waals surface area contributed by atoms with Crippen LogP contribution >= 0.6 is 11.8 Å². The number of nitrogens with zero attached hydrogens (tertiary/aromatic N) is 1. The van der Waals surface area contributed by atoms with Crippen LogP contribution in [0.2, 0.25) is 0 Å². The lowest BCUT2D eigenvalue weighted by Crippen LogP contribution is -1.89. The molecule has 0 aliphatic rings. The molecule has 0 unspecified atom stereocenters. The van der Waals surface area contributed by atoms with Gasteiger partial charge in [-0.05, 0) is 54.5 Å². The molecule has 0 bridgehead atoms. The lowest BCUT2D eigenvalue weighted by atomic mass is 10.0. The summed E-state index contributed by atoms with van der Waals surface area (Å²) in [6.45, 7) is 0. The van der Waals surface area contributed by atoms with E-state index in [0.29, 0.717) is 5.56 Å². The molecule has 2 heteroatoms. The number of nitriles is 1. The molecule has 0 heterocycles. The monoisotopic (exact) mass is 252 g/mol. The molecule has 0 spiro atoms. The zero-order valence-electron chi connectivity index (χ0n) is 10.3. The van der Waals surface area contributed by atoms with Gasteiger partial charge in [-0.25, -0.2) is 0 Å². The molecule has 2 aromatic rings. The summed E-state index contributed by atoms with van der Waals surface area (Å²) in [5, 5.41) is 8.73. The summed E-state index contributed by atoms with van der Waals surface area (Å²) < 4.78 is 0. The SMILES string of the molecule is CSc1ccc([CH]Cc2ccc(C#N)cc2)cc1. The van der Waals surface area contributed by atoms with Gasteiger partial charge >= 0.3 is 0 Å². The lowest BCUT2D eigenvalue weighted by molar-refractivity contribution is 1.16. The van der Waals surface area contributed by atoms with E-state index in [4.69, 9.17) is 5.26 Å². The third-order valence-electron chi connectivity index (χ3n) is 2.77. The fourth-order valence-electron chi connectivity index (χ4n) is 1.69. The Kier molecular flexibility index (Phi) is 4.44. The van der Waals surface area contributed by atoms with E-state index in [1.54, 1.807) is 11.8 Å². The summed E-state index contributed by atoms with van der Waals surface area (Å²) in [4.78, 5) is 1.28. The highest BCUT2D eigenvalue weighted by atomic mass is 32.2. The molecule has 0 atom stereocenters. The van der Waals surface area contributed by atoms with Gasteiger partial charge in [-0.15, -0.1) is 11.8 Å². The van der Waals surface area contributed by atoms with Crippen molar-refractivity contribution in [2.45, 2.75) is 11.3 Å². The van der Waals surface area contributed by atoms with E-state index in [-0.39, 0.29) is 0 Å². The first-order chi connectivity index (χ1) is 8.81. The van der Waals surface area contributed by atoms with Crippen molar-refractivity contribution < 1.29 is 0 Å². The average molecular weight is 252 g/mol. The quantitative estimate of drug-likeness (QED) is 0.766. The van der Waals surface area contributed by atoms with Gasteiger partial charge in [0.1, 0.15) is 0 Å². The van der Waals surface area contributed by atoms with Crippen LogP contribution in [-0.4, -0.2) is 6.26 Å². The Balaban J connectivity index is 1.95. The van der Waals surface area contributed by atoms with E-state index >= 15 is 0 Å². The second kappa shape index (κ2) is 6.28. The zero-order valence-corrected chi connectivity index (χ0v) is 11.1. The number of rotatable bonds is 4. The third kappa shape index (κ3) is 3.38. The van der Waals surface area contributed by atoms with Crippen LogP contribution in [0.25, 0.3) is 0 Å². The molecule has 0 fully saturated rings. The van der Waals surface area contributed by atoms with Crippen LogP contribution in [0.15, 0.2) is 53.4 Å². The molecule has 0 aliphatic heterocycles. The fraction of sp³-hybridized carbons (Fsp3) is 0.125. The van der Waals surface area contributed by atoms with Crippen LogP contribution < -0.4 is 0 Å². The molecule has 2 rings (SSSR count). The summed E-state index contributed by atoms with van der Waals surface area (Å²) in [6.07, 6.45) is 5.17. The van der Waals surface area contributed by atoms with E-state index in [0.717, 1.165) is 6.42 Å². The van der Waals surface area contributed by atoms with Gasteiger partial charge in [0.05, 0.1) is 11.6 Å². The van der Waals surface area contributed by atoms with Crippen LogP contribution in [0.3, 0.4) is 0 Å². The van der Waals surface area contributed by atoms with E-state index in [9.17, 15) is 0 Å². The maximum atomic E-state index is 8.73. The molecule has 0 saturated carbocycles. The minimum Gasteiger partial charge on any atom is -0.192 e. The second-order valence-corrected chi connectivity index (χ2v) is 4.87. The predicted molar refractivity (Wildman–Crippen MR) is 76.5 cm³/mol. The molecule has 0 N–H and O–H groups in total. The summed E-state index contributed by atoms with van der Waals surface area (Å²) in [5.41, 5.74) is 3.17. The Labute approximate surface area is 112 Å². The fourth-order valence-corrected chi connectivity index (χ4v) is 2.10. The van der Waals surface area contributed by atoms with Crippen molar-refractivity contribution in [1.29, 1.82) is 5.26 Å². The zero-order chi connectivity index (χ0) is 12.8. The van der Waals surface area contributed by atoms with Crippen molar-refractivity contribution in [2.24, 2.45) is 0 Å². The number of benzene rings is 2. The Bertz CT molecular complexity index is 535. The maximum absolute atomic E-state index is 8.73. The first-order valence-corrected chi connectivity index (χ1v) is 7.00. The summed E-state index contributed by atoms with van der Waals surface area (Å²) in [6, 6.07) is 18.4. The third-order valence-corrected chi connectivity index (χ3v) is 3.52. The van der Waals surface area contributed by atoms with Crippen LogP contribution in [0, 0.1) is 17.8 Å². The van der Waals surface area contributed by atoms with Crippen molar-refractivity contribution in [2.75, 3.05) is 6.26 Å². The molecule has 0 aliphatic carbocycles. The number of hydrogen-bond acceptors (Lipinski definition) is 2. The minimum atomic E-state index is 0.711. The summed E-state index contributed by atoms with van der Waals surface area (Å²) in [7, 11) is 0. The molecule has 1 radical (unpaired) electrons. The topological polar surface area (TPSA) is 23.8 Å². The molecule has 1 nitrogen and oxygen atoms in total. The molecular formula is C16H14NS. The molecule has 0 saturated heterocycles. The molecule has 0 amide bonds. The predicted octanol–water partition coefficient (Wildman–Crippen LogP) is 4.08. The Morgan fingerprint density at radius 2 is 1.72 bits per heavy atom. The highest BCUT2D eigenvalue weighted by molar-refractivity contribution is 7.98. The highest BCUT2D eigenvalue weighted by Crippen LogP contribution is 2.17. The standard InChI is InChI=1S/C16H14NS/c1-18-16-10-8-14(9-11-16)3-2-13-4-6-15(12-17)7-5-13/h3-11H,2H2,1H3. The first-order valence-electron chi connectivity index (χ1n) is 5.78. The van der Waals surface area contributed by atoms with E-state index in [2.05, 4.69) is 43.0 Å². The average Bonchev–Trinajstić information content (AvgIpc) is 2.46. The van der Waals surface area contributed by atoms with Crippen LogP contribution in [0.4, 0.5) is 0 Å². The molecule has 0 aromatic heterocycles. The Morgan fingerprint density at radius 3 is 2.28 bits per heavy atom. The molecule has 2 aromatic carbocycles. The van der Waals surface area contributed by atoms with E-state index in [1.807, 2.05) is 24.3 Å². The molecular weight excluding hydrogens is 238 g/mol. The van der Waals surface area contributed by atoms with Crippen molar-refractivity contribution in [3.05, 3.63) is 71.6 Å². The largest absolute Gasteiger partial charge is 0.192 e. The maximum Gasteiger partial charge on any atom is 0.0991 e. The lowest BCUT2D eigenvalue weighted by Gasteiger charge is -2.03. The Morgan fingerprint density at radius 1 is 1.06 bits per heavy atom. The summed E-state index contributed by atoms with van der Waals surface area (Å²) in [5.74, 6) is 0. The van der Waals surface area contributed by atoms with Crippen LogP contribution in [0.5, 0.6) is 0 Å². The van der Waals surface area contributed by atoms with Gasteiger partial charge in [0.15, 0.2) is 0 Å². The van der Waals surface area contributed by atoms with Crippen molar-refractivity contribution in [3.63, 3.8) is 0 Å². The van der Waals surface area contributed by atoms with Crippen molar-refractivity contribution >= 4 is 11.8 Å². The van der Waals surface area contributed by atoms with E-state index < -0.39 is 0 Å². The van der Waals surface area contributed by atoms with Gasteiger partial charge in [-0.1, -0.05) is 24.3 Å². The smallest absolute Gasteiger partial charge is 0.0991 e. The second-order valence-electron chi connectivity index (χ2n) is 3.99. The van der Waals surface area contributed by atoms with E-state index in [1.165, 1.54) is 16.0 Å². The van der Waals surface area contributed by atoms with Crippen LogP contribution in [-0.2, 0) is 6.42 Å². The highest BCUT2D eigenvalue weighted by Gasteiger charge is 1.97.